The fraction of sp³-hybridized carbons (Fsp3) is 0.167. The largest absolute Gasteiger partial charge is 0.354 e. The molecule has 0 aliphatic carbocycles. The number of amides is 3. The third kappa shape index (κ3) is 3.53. The predicted molar refractivity (Wildman–Crippen MR) is 89.9 cm³/mol. The van der Waals surface area contributed by atoms with Gasteiger partial charge in [-0.2, -0.15) is 0 Å². The van der Waals surface area contributed by atoms with E-state index in [4.69, 9.17) is 11.6 Å². The average molecular weight is 361 g/mol. The van der Waals surface area contributed by atoms with Gasteiger partial charge in [0.25, 0.3) is 11.8 Å². The van der Waals surface area contributed by atoms with Gasteiger partial charge in [0.05, 0.1) is 16.1 Å². The predicted octanol–water partition coefficient (Wildman–Crippen LogP) is 2.43. The number of hydrogen-bond donors (Lipinski definition) is 1. The summed E-state index contributed by atoms with van der Waals surface area (Å²) in [6.07, 6.45) is 0.514. The molecule has 0 radical (unpaired) electrons. The van der Waals surface area contributed by atoms with E-state index in [1.165, 1.54) is 24.3 Å². The number of carbonyl (C=O) groups excluding carboxylic acids is 3. The second-order valence-electron chi connectivity index (χ2n) is 5.59. The number of benzene rings is 2. The molecule has 3 rings (SSSR count). The summed E-state index contributed by atoms with van der Waals surface area (Å²) >= 11 is 5.97. The molecule has 1 aliphatic rings. The number of carbonyl (C=O) groups is 3. The molecule has 0 saturated carbocycles. The summed E-state index contributed by atoms with van der Waals surface area (Å²) in [6.45, 7) is -0.0551. The Morgan fingerprint density at radius 2 is 1.80 bits per heavy atom. The first-order valence-corrected chi connectivity index (χ1v) is 8.01. The summed E-state index contributed by atoms with van der Waals surface area (Å²) in [4.78, 5) is 37.4. The molecule has 1 heterocycles. The van der Waals surface area contributed by atoms with Crippen molar-refractivity contribution in [1.29, 1.82) is 0 Å². The van der Waals surface area contributed by atoms with Gasteiger partial charge in [-0.1, -0.05) is 29.8 Å². The van der Waals surface area contributed by atoms with Crippen LogP contribution in [0.1, 0.15) is 26.3 Å². The Morgan fingerprint density at radius 1 is 1.08 bits per heavy atom. The topological polar surface area (TPSA) is 66.5 Å². The molecular weight excluding hydrogens is 347 g/mol. The van der Waals surface area contributed by atoms with Crippen LogP contribution in [-0.4, -0.2) is 35.7 Å². The monoisotopic (exact) mass is 360 g/mol. The summed E-state index contributed by atoms with van der Waals surface area (Å²) in [5.74, 6) is -1.87. The van der Waals surface area contributed by atoms with Crippen LogP contribution >= 0.6 is 11.6 Å². The van der Waals surface area contributed by atoms with Crippen LogP contribution in [0.25, 0.3) is 0 Å². The Morgan fingerprint density at radius 3 is 2.48 bits per heavy atom. The van der Waals surface area contributed by atoms with Gasteiger partial charge in [-0.3, -0.25) is 19.3 Å². The zero-order valence-corrected chi connectivity index (χ0v) is 13.8. The number of imide groups is 1. The Kier molecular flexibility index (Phi) is 4.81. The Bertz CT molecular complexity index is 852. The van der Waals surface area contributed by atoms with Crippen molar-refractivity contribution in [2.24, 2.45) is 0 Å². The van der Waals surface area contributed by atoms with Crippen LogP contribution < -0.4 is 5.32 Å². The van der Waals surface area contributed by atoms with E-state index < -0.39 is 17.7 Å². The third-order valence-electron chi connectivity index (χ3n) is 3.90. The van der Waals surface area contributed by atoms with Gasteiger partial charge >= 0.3 is 0 Å². The normalized spacial score (nSPS) is 13.1. The molecule has 0 aromatic heterocycles. The first kappa shape index (κ1) is 17.1. The molecule has 0 atom stereocenters. The molecule has 0 fully saturated rings. The van der Waals surface area contributed by atoms with Crippen molar-refractivity contribution >= 4 is 29.3 Å². The third-order valence-corrected chi connectivity index (χ3v) is 4.21. The van der Waals surface area contributed by atoms with E-state index in [9.17, 15) is 18.8 Å². The van der Waals surface area contributed by atoms with Gasteiger partial charge in [0.1, 0.15) is 12.4 Å². The Balaban J connectivity index is 1.57. The lowest BCUT2D eigenvalue weighted by atomic mass is 10.1. The highest BCUT2D eigenvalue weighted by Crippen LogP contribution is 2.28. The summed E-state index contributed by atoms with van der Waals surface area (Å²) in [7, 11) is 0. The molecule has 5 nitrogen and oxygen atoms in total. The van der Waals surface area contributed by atoms with Gasteiger partial charge < -0.3 is 5.32 Å². The zero-order valence-electron chi connectivity index (χ0n) is 13.1. The van der Waals surface area contributed by atoms with Crippen LogP contribution in [0.5, 0.6) is 0 Å². The summed E-state index contributed by atoms with van der Waals surface area (Å²) in [6, 6.07) is 10.6. The second-order valence-corrected chi connectivity index (χ2v) is 5.99. The average Bonchev–Trinajstić information content (AvgIpc) is 2.83. The molecular formula is C18H14ClFN2O3. The molecule has 1 aliphatic heterocycles. The van der Waals surface area contributed by atoms with Crippen LogP contribution in [-0.2, 0) is 11.2 Å². The maximum Gasteiger partial charge on any atom is 0.263 e. The Labute approximate surface area is 148 Å². The van der Waals surface area contributed by atoms with Gasteiger partial charge in [-0.25, -0.2) is 4.39 Å². The van der Waals surface area contributed by atoms with Crippen LogP contribution in [0.3, 0.4) is 0 Å². The van der Waals surface area contributed by atoms with E-state index >= 15 is 0 Å². The highest BCUT2D eigenvalue weighted by Gasteiger charge is 2.38. The van der Waals surface area contributed by atoms with Crippen molar-refractivity contribution in [1.82, 2.24) is 10.2 Å². The van der Waals surface area contributed by atoms with E-state index in [1.54, 1.807) is 18.2 Å². The molecule has 128 valence electrons. The molecule has 0 spiro atoms. The van der Waals surface area contributed by atoms with Gasteiger partial charge in [-0.15, -0.1) is 0 Å². The van der Waals surface area contributed by atoms with Crippen molar-refractivity contribution in [3.63, 3.8) is 0 Å². The maximum absolute atomic E-state index is 12.8. The van der Waals surface area contributed by atoms with Crippen molar-refractivity contribution in [3.05, 3.63) is 70.0 Å². The van der Waals surface area contributed by atoms with Crippen LogP contribution in [0.4, 0.5) is 4.39 Å². The smallest absolute Gasteiger partial charge is 0.263 e. The van der Waals surface area contributed by atoms with Gasteiger partial charge in [0, 0.05) is 6.54 Å². The first-order valence-electron chi connectivity index (χ1n) is 7.63. The van der Waals surface area contributed by atoms with Crippen molar-refractivity contribution in [3.8, 4) is 0 Å². The number of rotatable bonds is 5. The summed E-state index contributed by atoms with van der Waals surface area (Å²) in [5.41, 5.74) is 1.21. The first-order chi connectivity index (χ1) is 12.0. The highest BCUT2D eigenvalue weighted by molar-refractivity contribution is 6.37. The minimum absolute atomic E-state index is 0.133. The number of nitrogens with one attached hydrogen (secondary N) is 1. The van der Waals surface area contributed by atoms with E-state index in [-0.39, 0.29) is 28.5 Å². The maximum atomic E-state index is 12.8. The highest BCUT2D eigenvalue weighted by atomic mass is 35.5. The lowest BCUT2D eigenvalue weighted by molar-refractivity contribution is -0.121. The minimum atomic E-state index is -0.570. The fourth-order valence-corrected chi connectivity index (χ4v) is 2.89. The molecule has 7 heteroatoms. The van der Waals surface area contributed by atoms with E-state index in [1.807, 2.05) is 0 Å². The fourth-order valence-electron chi connectivity index (χ4n) is 2.63. The zero-order chi connectivity index (χ0) is 18.0. The second kappa shape index (κ2) is 7.03. The van der Waals surface area contributed by atoms with Gasteiger partial charge in [0.15, 0.2) is 0 Å². The number of nitrogens with zero attached hydrogens (tertiary/aromatic N) is 1. The molecule has 0 unspecified atom stereocenters. The molecule has 0 bridgehead atoms. The number of hydrogen-bond acceptors (Lipinski definition) is 3. The van der Waals surface area contributed by atoms with Gasteiger partial charge in [-0.05, 0) is 36.2 Å². The summed E-state index contributed by atoms with van der Waals surface area (Å²) < 4.78 is 12.8. The quantitative estimate of drug-likeness (QED) is 0.833. The molecule has 3 amide bonds. The van der Waals surface area contributed by atoms with Crippen LogP contribution in [0.15, 0.2) is 42.5 Å². The molecule has 2 aromatic rings. The lowest BCUT2D eigenvalue weighted by Crippen LogP contribution is -2.40. The Hall–Kier alpha value is -2.73. The van der Waals surface area contributed by atoms with E-state index in [2.05, 4.69) is 5.32 Å². The minimum Gasteiger partial charge on any atom is -0.354 e. The SMILES string of the molecule is O=C(CN1C(=O)c2cccc(Cl)c2C1=O)NCCc1ccc(F)cc1. The number of halogens is 2. The van der Waals surface area contributed by atoms with Crippen LogP contribution in [0, 0.1) is 5.82 Å². The summed E-state index contributed by atoms with van der Waals surface area (Å²) in [5, 5.41) is 2.83. The van der Waals surface area contributed by atoms with E-state index in [0.717, 1.165) is 10.5 Å². The standard InChI is InChI=1S/C18H14ClFN2O3/c19-14-3-1-2-13-16(14)18(25)22(17(13)24)10-15(23)21-9-8-11-4-6-12(20)7-5-11/h1-7H,8-10H2,(H,21,23). The van der Waals surface area contributed by atoms with Crippen LogP contribution in [0.2, 0.25) is 5.02 Å². The number of fused-ring (bicyclic) bond motifs is 1. The van der Waals surface area contributed by atoms with Gasteiger partial charge in [0.2, 0.25) is 5.91 Å². The molecule has 25 heavy (non-hydrogen) atoms. The van der Waals surface area contributed by atoms with Crippen molar-refractivity contribution < 1.29 is 18.8 Å². The molecule has 0 saturated heterocycles. The molecule has 2 aromatic carbocycles. The van der Waals surface area contributed by atoms with Crippen molar-refractivity contribution in [2.45, 2.75) is 6.42 Å². The van der Waals surface area contributed by atoms with E-state index in [0.29, 0.717) is 13.0 Å². The molecule has 1 N–H and O–H groups in total. The van der Waals surface area contributed by atoms with Crippen molar-refractivity contribution in [2.75, 3.05) is 13.1 Å². The lowest BCUT2D eigenvalue weighted by Gasteiger charge is -2.13.